The molecule has 0 bridgehead atoms. The third-order valence-electron chi connectivity index (χ3n) is 4.46. The van der Waals surface area contributed by atoms with Crippen molar-refractivity contribution < 1.29 is 4.79 Å². The Kier molecular flexibility index (Phi) is 5.39. The van der Waals surface area contributed by atoms with Crippen molar-refractivity contribution in [2.75, 3.05) is 13.1 Å². The number of carbonyl (C=O) groups is 1. The quantitative estimate of drug-likeness (QED) is 0.874. The lowest BCUT2D eigenvalue weighted by molar-refractivity contribution is -0.132. The minimum absolute atomic E-state index is 0.147. The van der Waals surface area contributed by atoms with E-state index in [1.54, 1.807) is 0 Å². The molecule has 1 aliphatic carbocycles. The number of hydrogen-bond acceptors (Lipinski definition) is 3. The number of fused-ring (bicyclic) bond motifs is 1. The van der Waals surface area contributed by atoms with E-state index in [2.05, 4.69) is 22.0 Å². The molecular weight excluding hydrogens is 264 g/mol. The van der Waals surface area contributed by atoms with Crippen molar-refractivity contribution in [2.45, 2.75) is 65.6 Å². The number of nitrogens with one attached hydrogen (secondary N) is 1. The standard InChI is InChI=1S/C16H28N4O/c1-5-19(6-2)16(21)12(4)18-14-9-8-10-15-13(14)11-17-20(15)7-3/h11-12,14,18H,5-10H2,1-4H3/t12-,14+/m1/s1. The van der Waals surface area contributed by atoms with Crippen molar-refractivity contribution in [1.82, 2.24) is 20.0 Å². The fraction of sp³-hybridized carbons (Fsp3) is 0.750. The second kappa shape index (κ2) is 7.07. The molecule has 2 atom stereocenters. The lowest BCUT2D eigenvalue weighted by Gasteiger charge is -2.29. The van der Waals surface area contributed by atoms with Crippen LogP contribution in [0.25, 0.3) is 0 Å². The molecule has 1 aliphatic rings. The Bertz CT molecular complexity index is 479. The Hall–Kier alpha value is -1.36. The van der Waals surface area contributed by atoms with E-state index in [0.717, 1.165) is 38.9 Å². The Morgan fingerprint density at radius 1 is 1.48 bits per heavy atom. The van der Waals surface area contributed by atoms with Gasteiger partial charge in [-0.05, 0) is 47.0 Å². The monoisotopic (exact) mass is 292 g/mol. The highest BCUT2D eigenvalue weighted by molar-refractivity contribution is 5.81. The molecule has 2 rings (SSSR count). The predicted molar refractivity (Wildman–Crippen MR) is 84.1 cm³/mol. The van der Waals surface area contributed by atoms with E-state index in [1.165, 1.54) is 11.3 Å². The number of likely N-dealkylation sites (N-methyl/N-ethyl adjacent to an activating group) is 1. The molecule has 1 aromatic rings. The zero-order valence-electron chi connectivity index (χ0n) is 13.7. The van der Waals surface area contributed by atoms with Crippen LogP contribution in [0.2, 0.25) is 0 Å². The maximum absolute atomic E-state index is 12.4. The molecule has 5 nitrogen and oxygen atoms in total. The lowest BCUT2D eigenvalue weighted by Crippen LogP contribution is -2.46. The van der Waals surface area contributed by atoms with Gasteiger partial charge in [0, 0.05) is 36.9 Å². The van der Waals surface area contributed by atoms with Crippen molar-refractivity contribution >= 4 is 5.91 Å². The molecule has 118 valence electrons. The summed E-state index contributed by atoms with van der Waals surface area (Å²) in [7, 11) is 0. The largest absolute Gasteiger partial charge is 0.342 e. The summed E-state index contributed by atoms with van der Waals surface area (Å²) >= 11 is 0. The van der Waals surface area contributed by atoms with E-state index in [4.69, 9.17) is 0 Å². The topological polar surface area (TPSA) is 50.2 Å². The van der Waals surface area contributed by atoms with Gasteiger partial charge in [-0.25, -0.2) is 0 Å². The number of rotatable bonds is 6. The van der Waals surface area contributed by atoms with E-state index >= 15 is 0 Å². The molecule has 0 radical (unpaired) electrons. The molecule has 0 aliphatic heterocycles. The average Bonchev–Trinajstić information content (AvgIpc) is 2.92. The van der Waals surface area contributed by atoms with Crippen LogP contribution < -0.4 is 5.32 Å². The summed E-state index contributed by atoms with van der Waals surface area (Å²) in [5.74, 6) is 0.190. The molecule has 1 heterocycles. The fourth-order valence-electron chi connectivity index (χ4n) is 3.25. The van der Waals surface area contributed by atoms with Crippen molar-refractivity contribution in [3.8, 4) is 0 Å². The minimum atomic E-state index is -0.147. The Morgan fingerprint density at radius 3 is 2.81 bits per heavy atom. The number of nitrogens with zero attached hydrogens (tertiary/aromatic N) is 3. The van der Waals surface area contributed by atoms with Gasteiger partial charge in [-0.15, -0.1) is 0 Å². The van der Waals surface area contributed by atoms with Gasteiger partial charge < -0.3 is 4.90 Å². The average molecular weight is 292 g/mol. The van der Waals surface area contributed by atoms with Gasteiger partial charge in [-0.1, -0.05) is 0 Å². The number of hydrogen-bond donors (Lipinski definition) is 1. The first-order valence-corrected chi connectivity index (χ1v) is 8.21. The van der Waals surface area contributed by atoms with Gasteiger partial charge in [0.05, 0.1) is 12.2 Å². The number of carbonyl (C=O) groups excluding carboxylic acids is 1. The van der Waals surface area contributed by atoms with Gasteiger partial charge >= 0.3 is 0 Å². The van der Waals surface area contributed by atoms with Gasteiger partial charge in [0.1, 0.15) is 0 Å². The highest BCUT2D eigenvalue weighted by Gasteiger charge is 2.27. The smallest absolute Gasteiger partial charge is 0.239 e. The maximum atomic E-state index is 12.4. The van der Waals surface area contributed by atoms with Crippen LogP contribution in [0.5, 0.6) is 0 Å². The van der Waals surface area contributed by atoms with Gasteiger partial charge in [-0.3, -0.25) is 14.8 Å². The van der Waals surface area contributed by atoms with E-state index in [9.17, 15) is 4.79 Å². The first kappa shape index (κ1) is 16.0. The molecule has 0 saturated carbocycles. The van der Waals surface area contributed by atoms with Crippen LogP contribution in [0.3, 0.4) is 0 Å². The van der Waals surface area contributed by atoms with Gasteiger partial charge in [0.25, 0.3) is 0 Å². The zero-order chi connectivity index (χ0) is 15.4. The Balaban J connectivity index is 2.07. The van der Waals surface area contributed by atoms with Crippen molar-refractivity contribution in [1.29, 1.82) is 0 Å². The molecule has 1 aromatic heterocycles. The fourth-order valence-corrected chi connectivity index (χ4v) is 3.25. The van der Waals surface area contributed by atoms with Crippen molar-refractivity contribution in [3.05, 3.63) is 17.5 Å². The van der Waals surface area contributed by atoms with Crippen LogP contribution in [-0.4, -0.2) is 39.7 Å². The molecule has 0 saturated heterocycles. The highest BCUT2D eigenvalue weighted by atomic mass is 16.2. The minimum Gasteiger partial charge on any atom is -0.342 e. The summed E-state index contributed by atoms with van der Waals surface area (Å²) in [5, 5.41) is 7.98. The van der Waals surface area contributed by atoms with Crippen LogP contribution in [0.15, 0.2) is 6.20 Å². The molecule has 0 fully saturated rings. The maximum Gasteiger partial charge on any atom is 0.239 e. The lowest BCUT2D eigenvalue weighted by atomic mass is 9.92. The Labute approximate surface area is 127 Å². The third kappa shape index (κ3) is 3.28. The zero-order valence-corrected chi connectivity index (χ0v) is 13.7. The molecule has 5 heteroatoms. The second-order valence-electron chi connectivity index (χ2n) is 5.71. The van der Waals surface area contributed by atoms with Crippen LogP contribution in [0, 0.1) is 0 Å². The molecule has 0 spiro atoms. The summed E-state index contributed by atoms with van der Waals surface area (Å²) in [4.78, 5) is 14.3. The number of aryl methyl sites for hydroxylation is 1. The van der Waals surface area contributed by atoms with Crippen molar-refractivity contribution in [2.24, 2.45) is 0 Å². The number of amides is 1. The number of aromatic nitrogens is 2. The highest BCUT2D eigenvalue weighted by Crippen LogP contribution is 2.30. The van der Waals surface area contributed by atoms with E-state index in [-0.39, 0.29) is 18.0 Å². The molecular formula is C16H28N4O. The van der Waals surface area contributed by atoms with Crippen LogP contribution in [0.4, 0.5) is 0 Å². The second-order valence-corrected chi connectivity index (χ2v) is 5.71. The van der Waals surface area contributed by atoms with Crippen LogP contribution in [-0.2, 0) is 17.8 Å². The first-order chi connectivity index (χ1) is 10.1. The van der Waals surface area contributed by atoms with Crippen molar-refractivity contribution in [3.63, 3.8) is 0 Å². The summed E-state index contributed by atoms with van der Waals surface area (Å²) < 4.78 is 2.08. The van der Waals surface area contributed by atoms with Crippen LogP contribution >= 0.6 is 0 Å². The van der Waals surface area contributed by atoms with Gasteiger partial charge in [0.15, 0.2) is 0 Å². The molecule has 0 aromatic carbocycles. The first-order valence-electron chi connectivity index (χ1n) is 8.21. The summed E-state index contributed by atoms with van der Waals surface area (Å²) in [5.41, 5.74) is 2.62. The summed E-state index contributed by atoms with van der Waals surface area (Å²) in [6.45, 7) is 10.6. The third-order valence-corrected chi connectivity index (χ3v) is 4.46. The molecule has 0 unspecified atom stereocenters. The van der Waals surface area contributed by atoms with Gasteiger partial charge in [0.2, 0.25) is 5.91 Å². The van der Waals surface area contributed by atoms with E-state index in [1.807, 2.05) is 31.9 Å². The molecule has 1 N–H and O–H groups in total. The van der Waals surface area contributed by atoms with Crippen LogP contribution in [0.1, 0.15) is 57.8 Å². The molecule has 1 amide bonds. The summed E-state index contributed by atoms with van der Waals surface area (Å²) in [6.07, 6.45) is 5.31. The normalized spacial score (nSPS) is 19.1. The predicted octanol–water partition coefficient (Wildman–Crippen LogP) is 2.13. The SMILES string of the molecule is CCN(CC)C(=O)[C@@H](C)N[C@H]1CCCc2c1cnn2CC. The van der Waals surface area contributed by atoms with E-state index < -0.39 is 0 Å². The Morgan fingerprint density at radius 2 is 2.19 bits per heavy atom. The van der Waals surface area contributed by atoms with E-state index in [0.29, 0.717) is 0 Å². The van der Waals surface area contributed by atoms with Gasteiger partial charge in [-0.2, -0.15) is 5.10 Å². The molecule has 21 heavy (non-hydrogen) atoms. The summed E-state index contributed by atoms with van der Waals surface area (Å²) in [6, 6.07) is 0.106.